The molecule has 27 heavy (non-hydrogen) atoms. The molecule has 0 bridgehead atoms. The Balaban J connectivity index is 1.72. The van der Waals surface area contributed by atoms with Gasteiger partial charge in [0.1, 0.15) is 0 Å². The fourth-order valence-electron chi connectivity index (χ4n) is 3.45. The van der Waals surface area contributed by atoms with Crippen LogP contribution >= 0.6 is 11.6 Å². The van der Waals surface area contributed by atoms with Gasteiger partial charge < -0.3 is 4.90 Å². The van der Waals surface area contributed by atoms with Gasteiger partial charge in [-0.15, -0.1) is 0 Å². The average Bonchev–Trinajstić information content (AvgIpc) is 2.92. The normalized spacial score (nSPS) is 13.4. The largest absolute Gasteiger partial charge is 0.308 e. The second-order valence-corrected chi connectivity index (χ2v) is 8.56. The molecule has 1 N–H and O–H groups in total. The zero-order chi connectivity index (χ0) is 19.2. The molecule has 0 radical (unpaired) electrons. The number of sulfonamides is 1. The van der Waals surface area contributed by atoms with Gasteiger partial charge in [0.05, 0.1) is 17.1 Å². The van der Waals surface area contributed by atoms with Crippen LogP contribution < -0.4 is 9.62 Å². The van der Waals surface area contributed by atoms with E-state index < -0.39 is 10.0 Å². The topological polar surface area (TPSA) is 66.5 Å². The van der Waals surface area contributed by atoms with Crippen molar-refractivity contribution in [1.82, 2.24) is 0 Å². The summed E-state index contributed by atoms with van der Waals surface area (Å²) in [4.78, 5) is 14.2. The van der Waals surface area contributed by atoms with E-state index in [1.54, 1.807) is 53.4 Å². The highest BCUT2D eigenvalue weighted by Gasteiger charge is 2.29. The molecule has 7 heteroatoms. The van der Waals surface area contributed by atoms with Gasteiger partial charge in [0.2, 0.25) is 10.0 Å². The Morgan fingerprint density at radius 3 is 2.48 bits per heavy atom. The van der Waals surface area contributed by atoms with Crippen LogP contribution in [0.3, 0.4) is 0 Å². The third-order valence-corrected chi connectivity index (χ3v) is 6.13. The first-order valence-electron chi connectivity index (χ1n) is 8.52. The second-order valence-electron chi connectivity index (χ2n) is 6.40. The Hall–Kier alpha value is -2.57. The molecule has 5 nitrogen and oxygen atoms in total. The number of rotatable bonds is 5. The predicted molar refractivity (Wildman–Crippen MR) is 109 cm³/mol. The van der Waals surface area contributed by atoms with Gasteiger partial charge in [-0.1, -0.05) is 35.9 Å². The maximum Gasteiger partial charge on any atom is 0.258 e. The first-order valence-corrected chi connectivity index (χ1v) is 10.5. The number of carbonyl (C=O) groups is 1. The number of nitrogens with zero attached hydrogens (tertiary/aromatic N) is 1. The van der Waals surface area contributed by atoms with Gasteiger partial charge in [0.25, 0.3) is 5.91 Å². The van der Waals surface area contributed by atoms with E-state index in [9.17, 15) is 13.2 Å². The molecular weight excluding hydrogens is 384 g/mol. The monoisotopic (exact) mass is 400 g/mol. The van der Waals surface area contributed by atoms with Crippen LogP contribution in [0.4, 0.5) is 11.4 Å². The van der Waals surface area contributed by atoms with Crippen LogP contribution in [0.25, 0.3) is 10.8 Å². The molecule has 1 heterocycles. The lowest BCUT2D eigenvalue weighted by molar-refractivity contribution is 0.0994. The quantitative estimate of drug-likeness (QED) is 0.689. The highest BCUT2D eigenvalue weighted by Crippen LogP contribution is 2.40. The van der Waals surface area contributed by atoms with Gasteiger partial charge in [-0.25, -0.2) is 8.42 Å². The van der Waals surface area contributed by atoms with Gasteiger partial charge in [-0.05, 0) is 42.8 Å². The molecule has 4 rings (SSSR count). The highest BCUT2D eigenvalue weighted by atomic mass is 35.5. The van der Waals surface area contributed by atoms with Gasteiger partial charge >= 0.3 is 0 Å². The van der Waals surface area contributed by atoms with E-state index in [-0.39, 0.29) is 11.7 Å². The first kappa shape index (κ1) is 17.8. The van der Waals surface area contributed by atoms with Crippen LogP contribution in [0.5, 0.6) is 0 Å². The molecule has 0 aromatic heterocycles. The van der Waals surface area contributed by atoms with E-state index in [2.05, 4.69) is 4.72 Å². The maximum absolute atomic E-state index is 12.6. The van der Waals surface area contributed by atoms with Crippen molar-refractivity contribution in [2.45, 2.75) is 12.7 Å². The van der Waals surface area contributed by atoms with Crippen LogP contribution in [-0.2, 0) is 15.8 Å². The molecule has 0 aliphatic carbocycles. The smallest absolute Gasteiger partial charge is 0.258 e. The third kappa shape index (κ3) is 3.15. The summed E-state index contributed by atoms with van der Waals surface area (Å²) in [6.07, 6.45) is 0. The second kappa shape index (κ2) is 6.55. The molecule has 0 saturated heterocycles. The summed E-state index contributed by atoms with van der Waals surface area (Å²) in [6.45, 7) is 2.47. The molecule has 3 aromatic carbocycles. The van der Waals surface area contributed by atoms with E-state index >= 15 is 0 Å². The summed E-state index contributed by atoms with van der Waals surface area (Å²) in [5.74, 6) is -0.216. The Kier molecular flexibility index (Phi) is 4.32. The minimum absolute atomic E-state index is 0.0562. The summed E-state index contributed by atoms with van der Waals surface area (Å²) in [6, 6.07) is 15.6. The Labute approximate surface area is 162 Å². The summed E-state index contributed by atoms with van der Waals surface area (Å²) in [7, 11) is -3.62. The molecule has 0 saturated carbocycles. The van der Waals surface area contributed by atoms with Crippen molar-refractivity contribution in [3.8, 4) is 0 Å². The summed E-state index contributed by atoms with van der Waals surface area (Å²) in [5, 5.41) is 2.06. The number of hydrogen-bond donors (Lipinski definition) is 1. The molecule has 0 fully saturated rings. The van der Waals surface area contributed by atoms with E-state index in [0.717, 1.165) is 11.1 Å². The van der Waals surface area contributed by atoms with Crippen LogP contribution in [0, 0.1) is 0 Å². The molecule has 3 aromatic rings. The molecule has 0 spiro atoms. The van der Waals surface area contributed by atoms with Gasteiger partial charge in [0, 0.05) is 27.9 Å². The van der Waals surface area contributed by atoms with Crippen LogP contribution in [-0.4, -0.2) is 20.9 Å². The predicted octanol–water partition coefficient (Wildman–Crippen LogP) is 4.42. The average molecular weight is 401 g/mol. The van der Waals surface area contributed by atoms with E-state index in [4.69, 9.17) is 11.6 Å². The molecule has 0 atom stereocenters. The number of anilines is 2. The fourth-order valence-corrected chi connectivity index (χ4v) is 4.80. The molecular formula is C20H17ClN2O3S. The van der Waals surface area contributed by atoms with Crippen LogP contribution in [0.2, 0.25) is 5.02 Å². The van der Waals surface area contributed by atoms with Crippen LogP contribution in [0.1, 0.15) is 22.8 Å². The summed E-state index contributed by atoms with van der Waals surface area (Å²) in [5.41, 5.74) is 2.53. The highest BCUT2D eigenvalue weighted by molar-refractivity contribution is 7.91. The number of nitrogens with one attached hydrogen (secondary N) is 1. The van der Waals surface area contributed by atoms with E-state index in [0.29, 0.717) is 33.8 Å². The van der Waals surface area contributed by atoms with Crippen molar-refractivity contribution >= 4 is 49.7 Å². The molecule has 1 aliphatic heterocycles. The SMILES string of the molecule is CCN1C(=O)c2cccc3c(NS(=O)(=O)Cc4ccc(Cl)cc4)ccc1c23. The summed E-state index contributed by atoms with van der Waals surface area (Å²) >= 11 is 5.85. The minimum atomic E-state index is -3.62. The minimum Gasteiger partial charge on any atom is -0.308 e. The summed E-state index contributed by atoms with van der Waals surface area (Å²) < 4.78 is 28.0. The molecule has 1 aliphatic rings. The lowest BCUT2D eigenvalue weighted by atomic mass is 10.0. The van der Waals surface area contributed by atoms with Crippen molar-refractivity contribution in [2.24, 2.45) is 0 Å². The van der Waals surface area contributed by atoms with E-state index in [1.165, 1.54) is 0 Å². The van der Waals surface area contributed by atoms with Crippen molar-refractivity contribution in [1.29, 1.82) is 0 Å². The Morgan fingerprint density at radius 1 is 1.04 bits per heavy atom. The number of hydrogen-bond acceptors (Lipinski definition) is 3. The number of carbonyl (C=O) groups excluding carboxylic acids is 1. The van der Waals surface area contributed by atoms with Gasteiger partial charge in [-0.2, -0.15) is 0 Å². The Bertz CT molecular complexity index is 1160. The lowest BCUT2D eigenvalue weighted by Gasteiger charge is -2.16. The van der Waals surface area contributed by atoms with Crippen molar-refractivity contribution in [3.05, 3.63) is 70.7 Å². The third-order valence-electron chi connectivity index (χ3n) is 4.64. The maximum atomic E-state index is 12.6. The van der Waals surface area contributed by atoms with E-state index in [1.807, 2.05) is 13.0 Å². The van der Waals surface area contributed by atoms with Crippen LogP contribution in [0.15, 0.2) is 54.6 Å². The Morgan fingerprint density at radius 2 is 1.78 bits per heavy atom. The van der Waals surface area contributed by atoms with Crippen molar-refractivity contribution in [2.75, 3.05) is 16.2 Å². The lowest BCUT2D eigenvalue weighted by Crippen LogP contribution is -2.25. The number of benzene rings is 3. The fraction of sp³-hybridized carbons (Fsp3) is 0.150. The van der Waals surface area contributed by atoms with Crippen molar-refractivity contribution < 1.29 is 13.2 Å². The van der Waals surface area contributed by atoms with Gasteiger partial charge in [-0.3, -0.25) is 9.52 Å². The van der Waals surface area contributed by atoms with Gasteiger partial charge in [0.15, 0.2) is 0 Å². The molecule has 0 unspecified atom stereocenters. The zero-order valence-corrected chi connectivity index (χ0v) is 16.1. The molecule has 1 amide bonds. The zero-order valence-electron chi connectivity index (χ0n) is 14.6. The number of amides is 1. The number of halogens is 1. The first-order chi connectivity index (χ1) is 12.9. The molecule has 138 valence electrons. The van der Waals surface area contributed by atoms with Crippen molar-refractivity contribution in [3.63, 3.8) is 0 Å². The standard InChI is InChI=1S/C20H17ClN2O3S/c1-2-23-18-11-10-17(15-4-3-5-16(19(15)18)20(23)24)22-27(25,26)12-13-6-8-14(21)9-7-13/h3-11,22H,2,12H2,1H3.